The molecular formula is C26H31NO6. The van der Waals surface area contributed by atoms with E-state index in [1.165, 1.54) is 6.07 Å². The number of ether oxygens (including phenoxy) is 2. The fourth-order valence-corrected chi connectivity index (χ4v) is 3.49. The molecule has 5 N–H and O–H groups in total. The highest BCUT2D eigenvalue weighted by molar-refractivity contribution is 5.37. The van der Waals surface area contributed by atoms with Crippen LogP contribution in [0.2, 0.25) is 0 Å². The van der Waals surface area contributed by atoms with Crippen LogP contribution in [0, 0.1) is 0 Å². The minimum Gasteiger partial charge on any atom is -0.508 e. The molecule has 0 aliphatic heterocycles. The smallest absolute Gasteiger partial charge is 0.124 e. The number of aliphatic hydroxyl groups is 3. The monoisotopic (exact) mass is 453 g/mol. The maximum atomic E-state index is 10.4. The summed E-state index contributed by atoms with van der Waals surface area (Å²) in [6.45, 7) is 0.875. The number of aromatic hydroxyl groups is 1. The van der Waals surface area contributed by atoms with E-state index < -0.39 is 12.2 Å². The van der Waals surface area contributed by atoms with Crippen molar-refractivity contribution in [3.63, 3.8) is 0 Å². The van der Waals surface area contributed by atoms with Gasteiger partial charge in [0, 0.05) is 17.7 Å². The van der Waals surface area contributed by atoms with Crippen LogP contribution < -0.4 is 14.8 Å². The molecule has 33 heavy (non-hydrogen) atoms. The van der Waals surface area contributed by atoms with Crippen molar-refractivity contribution in [3.8, 4) is 17.2 Å². The zero-order valence-corrected chi connectivity index (χ0v) is 18.6. The van der Waals surface area contributed by atoms with E-state index >= 15 is 0 Å². The van der Waals surface area contributed by atoms with Crippen LogP contribution >= 0.6 is 0 Å². The van der Waals surface area contributed by atoms with Crippen molar-refractivity contribution in [2.75, 3.05) is 26.8 Å². The van der Waals surface area contributed by atoms with Gasteiger partial charge in [-0.25, -0.2) is 0 Å². The van der Waals surface area contributed by atoms with E-state index in [0.717, 1.165) is 12.0 Å². The number of rotatable bonds is 12. The Morgan fingerprint density at radius 1 is 0.939 bits per heavy atom. The summed E-state index contributed by atoms with van der Waals surface area (Å²) in [5.74, 6) is 1.31. The highest BCUT2D eigenvalue weighted by atomic mass is 16.5. The number of phenols is 1. The molecule has 0 aromatic heterocycles. The van der Waals surface area contributed by atoms with Gasteiger partial charge in [0.15, 0.2) is 0 Å². The standard InChI is InChI=1S/C26H31NO6/c1-32-26-5-3-2-4-22(26)25(31)17-33-21-9-6-18(7-10-21)12-13-27-15-24(30)19-8-11-23(29)20(14-19)16-28/h2-11,14,24-25,27-31H,12-13,15-17H2,1H3/t24-,25-/m0/s1. The Hall–Kier alpha value is -3.10. The predicted octanol–water partition coefficient (Wildman–Crippen LogP) is 2.87. The summed E-state index contributed by atoms with van der Waals surface area (Å²) in [5, 5.41) is 42.8. The van der Waals surface area contributed by atoms with E-state index in [1.807, 2.05) is 42.5 Å². The summed E-state index contributed by atoms with van der Waals surface area (Å²) in [4.78, 5) is 0. The van der Waals surface area contributed by atoms with Crippen LogP contribution in [0.25, 0.3) is 0 Å². The minimum absolute atomic E-state index is 0.0168. The Labute approximate surface area is 193 Å². The molecule has 7 nitrogen and oxygen atoms in total. The summed E-state index contributed by atoms with van der Waals surface area (Å²) in [6, 6.07) is 19.7. The van der Waals surface area contributed by atoms with E-state index in [-0.39, 0.29) is 19.0 Å². The van der Waals surface area contributed by atoms with Crippen molar-refractivity contribution >= 4 is 0 Å². The molecule has 0 saturated heterocycles. The normalized spacial score (nSPS) is 12.8. The van der Waals surface area contributed by atoms with Gasteiger partial charge in [0.2, 0.25) is 0 Å². The second-order valence-electron chi connectivity index (χ2n) is 7.73. The molecule has 0 saturated carbocycles. The Balaban J connectivity index is 1.41. The first kappa shape index (κ1) is 24.5. The number of para-hydroxylation sites is 1. The lowest BCUT2D eigenvalue weighted by molar-refractivity contribution is 0.105. The average Bonchev–Trinajstić information content (AvgIpc) is 2.86. The molecule has 0 aliphatic rings. The first-order valence-electron chi connectivity index (χ1n) is 10.9. The van der Waals surface area contributed by atoms with Gasteiger partial charge in [-0.2, -0.15) is 0 Å². The highest BCUT2D eigenvalue weighted by Gasteiger charge is 2.13. The fourth-order valence-electron chi connectivity index (χ4n) is 3.49. The van der Waals surface area contributed by atoms with Crippen molar-refractivity contribution in [3.05, 3.63) is 89.0 Å². The average molecular weight is 454 g/mol. The minimum atomic E-state index is -0.793. The van der Waals surface area contributed by atoms with Crippen LogP contribution in [-0.2, 0) is 13.0 Å². The molecule has 3 rings (SSSR count). The number of methoxy groups -OCH3 is 1. The number of hydrogen-bond acceptors (Lipinski definition) is 7. The molecule has 0 heterocycles. The number of nitrogens with one attached hydrogen (secondary N) is 1. The SMILES string of the molecule is COc1ccccc1[C@@H](O)COc1ccc(CCNC[C@H](O)c2ccc(O)c(CO)c2)cc1. The van der Waals surface area contributed by atoms with Gasteiger partial charge in [-0.3, -0.25) is 0 Å². The molecule has 0 amide bonds. The third kappa shape index (κ3) is 6.94. The van der Waals surface area contributed by atoms with Gasteiger partial charge in [-0.05, 0) is 54.4 Å². The van der Waals surface area contributed by atoms with E-state index in [9.17, 15) is 20.4 Å². The molecule has 176 valence electrons. The van der Waals surface area contributed by atoms with Crippen LogP contribution in [0.3, 0.4) is 0 Å². The number of benzene rings is 3. The van der Waals surface area contributed by atoms with Gasteiger partial charge in [0.1, 0.15) is 30.0 Å². The van der Waals surface area contributed by atoms with Crippen molar-refractivity contribution < 1.29 is 29.9 Å². The Bertz CT molecular complexity index is 1010. The largest absolute Gasteiger partial charge is 0.508 e. The highest BCUT2D eigenvalue weighted by Crippen LogP contribution is 2.26. The Morgan fingerprint density at radius 2 is 1.70 bits per heavy atom. The number of hydrogen-bond donors (Lipinski definition) is 5. The van der Waals surface area contributed by atoms with Crippen LogP contribution in [0.15, 0.2) is 66.7 Å². The van der Waals surface area contributed by atoms with Gasteiger partial charge in [0.25, 0.3) is 0 Å². The molecule has 2 atom stereocenters. The maximum absolute atomic E-state index is 10.4. The van der Waals surface area contributed by atoms with Crippen molar-refractivity contribution in [1.82, 2.24) is 5.32 Å². The maximum Gasteiger partial charge on any atom is 0.124 e. The molecule has 0 radical (unpaired) electrons. The van der Waals surface area contributed by atoms with Crippen molar-refractivity contribution in [2.45, 2.75) is 25.2 Å². The molecule has 0 spiro atoms. The first-order chi connectivity index (χ1) is 16.0. The lowest BCUT2D eigenvalue weighted by atomic mass is 10.1. The zero-order valence-electron chi connectivity index (χ0n) is 18.6. The zero-order chi connectivity index (χ0) is 23.6. The van der Waals surface area contributed by atoms with Crippen LogP contribution in [-0.4, -0.2) is 47.2 Å². The third-order valence-corrected chi connectivity index (χ3v) is 5.42. The van der Waals surface area contributed by atoms with Gasteiger partial charge >= 0.3 is 0 Å². The van der Waals surface area contributed by atoms with Crippen LogP contribution in [0.4, 0.5) is 0 Å². The number of aliphatic hydroxyl groups excluding tert-OH is 3. The second kappa shape index (κ2) is 12.2. The van der Waals surface area contributed by atoms with Gasteiger partial charge in [-0.1, -0.05) is 36.4 Å². The third-order valence-electron chi connectivity index (χ3n) is 5.42. The topological polar surface area (TPSA) is 111 Å². The molecule has 0 fully saturated rings. The van der Waals surface area contributed by atoms with E-state index in [1.54, 1.807) is 25.3 Å². The van der Waals surface area contributed by atoms with E-state index in [0.29, 0.717) is 41.3 Å². The predicted molar refractivity (Wildman–Crippen MR) is 125 cm³/mol. The molecule has 0 bridgehead atoms. The first-order valence-corrected chi connectivity index (χ1v) is 10.9. The van der Waals surface area contributed by atoms with Crippen molar-refractivity contribution in [1.29, 1.82) is 0 Å². The van der Waals surface area contributed by atoms with Crippen molar-refractivity contribution in [2.24, 2.45) is 0 Å². The summed E-state index contributed by atoms with van der Waals surface area (Å²) < 4.78 is 11.0. The molecule has 0 unspecified atom stereocenters. The lowest BCUT2D eigenvalue weighted by Gasteiger charge is -2.16. The molecule has 0 aliphatic carbocycles. The van der Waals surface area contributed by atoms with Gasteiger partial charge in [-0.15, -0.1) is 0 Å². The fraction of sp³-hybridized carbons (Fsp3) is 0.308. The van der Waals surface area contributed by atoms with Gasteiger partial charge in [0.05, 0.1) is 19.8 Å². The molecule has 3 aromatic rings. The Kier molecular flexibility index (Phi) is 9.09. The van der Waals surface area contributed by atoms with Gasteiger partial charge < -0.3 is 35.2 Å². The summed E-state index contributed by atoms with van der Waals surface area (Å²) in [6.07, 6.45) is -0.756. The summed E-state index contributed by atoms with van der Waals surface area (Å²) >= 11 is 0. The van der Waals surface area contributed by atoms with Crippen LogP contribution in [0.1, 0.15) is 34.5 Å². The molecule has 3 aromatic carbocycles. The molecule has 7 heteroatoms. The van der Waals surface area contributed by atoms with E-state index in [2.05, 4.69) is 5.32 Å². The summed E-state index contributed by atoms with van der Waals surface area (Å²) in [7, 11) is 1.57. The quantitative estimate of drug-likeness (QED) is 0.268. The molecular weight excluding hydrogens is 422 g/mol. The Morgan fingerprint density at radius 3 is 2.42 bits per heavy atom. The lowest BCUT2D eigenvalue weighted by Crippen LogP contribution is -2.23. The summed E-state index contributed by atoms with van der Waals surface area (Å²) in [5.41, 5.74) is 2.83. The van der Waals surface area contributed by atoms with Crippen LogP contribution in [0.5, 0.6) is 17.2 Å². The second-order valence-corrected chi connectivity index (χ2v) is 7.73. The van der Waals surface area contributed by atoms with E-state index in [4.69, 9.17) is 9.47 Å².